The summed E-state index contributed by atoms with van der Waals surface area (Å²) in [6.07, 6.45) is 5.42. The molecular weight excluding hydrogens is 248 g/mol. The number of piperazine rings is 1. The molecule has 2 aliphatic heterocycles. The van der Waals surface area contributed by atoms with Crippen molar-refractivity contribution in [1.29, 1.82) is 0 Å². The summed E-state index contributed by atoms with van der Waals surface area (Å²) in [6, 6.07) is 1.33. The highest BCUT2D eigenvalue weighted by Gasteiger charge is 2.36. The van der Waals surface area contributed by atoms with Crippen molar-refractivity contribution in [3.8, 4) is 0 Å². The second-order valence-corrected chi connectivity index (χ2v) is 7.70. The zero-order valence-electron chi connectivity index (χ0n) is 14.1. The highest BCUT2D eigenvalue weighted by Crippen LogP contribution is 2.30. The minimum Gasteiger partial charge on any atom is -0.371 e. The maximum atomic E-state index is 6.21. The molecule has 0 aromatic carbocycles. The zero-order valence-corrected chi connectivity index (χ0v) is 14.1. The van der Waals surface area contributed by atoms with Gasteiger partial charge < -0.3 is 10.1 Å². The first-order valence-electron chi connectivity index (χ1n) is 8.56. The molecule has 2 fully saturated rings. The van der Waals surface area contributed by atoms with Crippen LogP contribution >= 0.6 is 0 Å². The van der Waals surface area contributed by atoms with Crippen molar-refractivity contribution in [2.45, 2.75) is 84.1 Å². The smallest absolute Gasteiger partial charge is 0.0710 e. The molecule has 0 aromatic heterocycles. The number of nitrogens with one attached hydrogen (secondary N) is 1. The van der Waals surface area contributed by atoms with Crippen molar-refractivity contribution in [3.63, 3.8) is 0 Å². The van der Waals surface area contributed by atoms with Crippen LogP contribution in [0.25, 0.3) is 0 Å². The van der Waals surface area contributed by atoms with Crippen LogP contribution in [0.1, 0.15) is 60.3 Å². The average molecular weight is 282 g/mol. The van der Waals surface area contributed by atoms with E-state index in [0.29, 0.717) is 24.1 Å². The van der Waals surface area contributed by atoms with E-state index >= 15 is 0 Å². The number of ether oxygens (including phenoxy) is 1. The fraction of sp³-hybridized carbons (Fsp3) is 1.00. The number of hydrogen-bond donors (Lipinski definition) is 1. The van der Waals surface area contributed by atoms with Crippen molar-refractivity contribution in [2.75, 3.05) is 19.6 Å². The highest BCUT2D eigenvalue weighted by atomic mass is 16.5. The molecule has 2 heterocycles. The maximum absolute atomic E-state index is 6.21. The summed E-state index contributed by atoms with van der Waals surface area (Å²) in [5.74, 6) is 0.708. The predicted octanol–water partition coefficient (Wildman–Crippen LogP) is 3.04. The lowest BCUT2D eigenvalue weighted by molar-refractivity contribution is -0.0422. The second-order valence-electron chi connectivity index (χ2n) is 7.70. The molecule has 3 nitrogen and oxygen atoms in total. The van der Waals surface area contributed by atoms with E-state index in [4.69, 9.17) is 4.74 Å². The summed E-state index contributed by atoms with van der Waals surface area (Å²) in [6.45, 7) is 14.9. The van der Waals surface area contributed by atoms with E-state index in [0.717, 1.165) is 13.1 Å². The average Bonchev–Trinajstić information content (AvgIpc) is 2.69. The van der Waals surface area contributed by atoms with Crippen LogP contribution in [0.15, 0.2) is 0 Å². The lowest BCUT2D eigenvalue weighted by Crippen LogP contribution is -2.59. The van der Waals surface area contributed by atoms with E-state index < -0.39 is 0 Å². The summed E-state index contributed by atoms with van der Waals surface area (Å²) in [4.78, 5) is 2.70. The molecule has 1 N–H and O–H groups in total. The van der Waals surface area contributed by atoms with Gasteiger partial charge in [-0.3, -0.25) is 4.90 Å². The topological polar surface area (TPSA) is 24.5 Å². The summed E-state index contributed by atoms with van der Waals surface area (Å²) in [7, 11) is 0. The Morgan fingerprint density at radius 1 is 1.35 bits per heavy atom. The van der Waals surface area contributed by atoms with E-state index in [9.17, 15) is 0 Å². The van der Waals surface area contributed by atoms with Crippen LogP contribution in [0.5, 0.6) is 0 Å². The van der Waals surface area contributed by atoms with Crippen LogP contribution in [-0.4, -0.2) is 48.3 Å². The third kappa shape index (κ3) is 4.19. The summed E-state index contributed by atoms with van der Waals surface area (Å²) < 4.78 is 6.21. The van der Waals surface area contributed by atoms with Crippen molar-refractivity contribution in [1.82, 2.24) is 10.2 Å². The standard InChI is InChI=1S/C17H34N2O/c1-6-7-14-11-19(16(10-18-14)13(2)3)12-15-8-9-17(4,5)20-15/h13-16,18H,6-12H2,1-5H3. The van der Waals surface area contributed by atoms with Crippen LogP contribution in [-0.2, 0) is 4.74 Å². The molecule has 118 valence electrons. The molecule has 20 heavy (non-hydrogen) atoms. The molecule has 2 saturated heterocycles. The largest absolute Gasteiger partial charge is 0.371 e. The van der Waals surface area contributed by atoms with Gasteiger partial charge in [0, 0.05) is 31.7 Å². The third-order valence-electron chi connectivity index (χ3n) is 4.94. The van der Waals surface area contributed by atoms with Crippen LogP contribution < -0.4 is 5.32 Å². The molecular formula is C17H34N2O. The van der Waals surface area contributed by atoms with Gasteiger partial charge in [-0.1, -0.05) is 27.2 Å². The van der Waals surface area contributed by atoms with Gasteiger partial charge in [-0.05, 0) is 39.0 Å². The lowest BCUT2D eigenvalue weighted by Gasteiger charge is -2.43. The molecule has 2 aliphatic rings. The summed E-state index contributed by atoms with van der Waals surface area (Å²) in [5, 5.41) is 3.74. The van der Waals surface area contributed by atoms with Gasteiger partial charge in [-0.2, -0.15) is 0 Å². The minimum absolute atomic E-state index is 0.0921. The Bertz CT molecular complexity index is 303. The maximum Gasteiger partial charge on any atom is 0.0710 e. The van der Waals surface area contributed by atoms with E-state index in [1.807, 2.05) is 0 Å². The Balaban J connectivity index is 1.93. The van der Waals surface area contributed by atoms with Gasteiger partial charge in [-0.25, -0.2) is 0 Å². The van der Waals surface area contributed by atoms with E-state index in [1.165, 1.54) is 32.2 Å². The molecule has 3 heteroatoms. The Labute approximate surface area is 125 Å². The molecule has 0 amide bonds. The molecule has 0 spiro atoms. The normalized spacial score (nSPS) is 34.8. The van der Waals surface area contributed by atoms with Gasteiger partial charge in [0.15, 0.2) is 0 Å². The Hall–Kier alpha value is -0.120. The minimum atomic E-state index is 0.0921. The van der Waals surface area contributed by atoms with Crippen molar-refractivity contribution < 1.29 is 4.74 Å². The number of hydrogen-bond acceptors (Lipinski definition) is 3. The number of rotatable bonds is 5. The quantitative estimate of drug-likeness (QED) is 0.839. The SMILES string of the molecule is CCCC1CN(CC2CCC(C)(C)O2)C(C(C)C)CN1. The molecule has 0 aromatic rings. The van der Waals surface area contributed by atoms with E-state index in [2.05, 4.69) is 44.8 Å². The highest BCUT2D eigenvalue weighted by molar-refractivity contribution is 4.91. The van der Waals surface area contributed by atoms with Gasteiger partial charge >= 0.3 is 0 Å². The lowest BCUT2D eigenvalue weighted by atomic mass is 9.96. The molecule has 0 radical (unpaired) electrons. The third-order valence-corrected chi connectivity index (χ3v) is 4.94. The summed E-state index contributed by atoms with van der Waals surface area (Å²) in [5.41, 5.74) is 0.0921. The second kappa shape index (κ2) is 6.76. The van der Waals surface area contributed by atoms with Gasteiger partial charge in [0.05, 0.1) is 11.7 Å². The molecule has 2 rings (SSSR count). The van der Waals surface area contributed by atoms with Crippen molar-refractivity contribution >= 4 is 0 Å². The monoisotopic (exact) mass is 282 g/mol. The first-order chi connectivity index (χ1) is 9.41. The summed E-state index contributed by atoms with van der Waals surface area (Å²) >= 11 is 0. The fourth-order valence-corrected chi connectivity index (χ4v) is 3.78. The van der Waals surface area contributed by atoms with Gasteiger partial charge in [0.25, 0.3) is 0 Å². The van der Waals surface area contributed by atoms with Gasteiger partial charge in [-0.15, -0.1) is 0 Å². The van der Waals surface area contributed by atoms with Crippen LogP contribution in [0.4, 0.5) is 0 Å². The molecule has 3 unspecified atom stereocenters. The van der Waals surface area contributed by atoms with Gasteiger partial charge in [0.1, 0.15) is 0 Å². The van der Waals surface area contributed by atoms with Crippen LogP contribution in [0.3, 0.4) is 0 Å². The zero-order chi connectivity index (χ0) is 14.8. The van der Waals surface area contributed by atoms with Crippen LogP contribution in [0.2, 0.25) is 0 Å². The Kier molecular flexibility index (Phi) is 5.49. The molecule has 3 atom stereocenters. The first kappa shape index (κ1) is 16.3. The predicted molar refractivity (Wildman–Crippen MR) is 85.1 cm³/mol. The molecule has 0 aliphatic carbocycles. The molecule has 0 saturated carbocycles. The Morgan fingerprint density at radius 3 is 2.65 bits per heavy atom. The molecule has 0 bridgehead atoms. The van der Waals surface area contributed by atoms with Gasteiger partial charge in [0.2, 0.25) is 0 Å². The Morgan fingerprint density at radius 2 is 2.10 bits per heavy atom. The van der Waals surface area contributed by atoms with Crippen molar-refractivity contribution in [2.24, 2.45) is 5.92 Å². The first-order valence-corrected chi connectivity index (χ1v) is 8.56. The van der Waals surface area contributed by atoms with Crippen LogP contribution in [0, 0.1) is 5.92 Å². The van der Waals surface area contributed by atoms with Crippen molar-refractivity contribution in [3.05, 3.63) is 0 Å². The number of nitrogens with zero attached hydrogens (tertiary/aromatic N) is 1. The fourth-order valence-electron chi connectivity index (χ4n) is 3.78. The van der Waals surface area contributed by atoms with E-state index in [1.54, 1.807) is 0 Å². The van der Waals surface area contributed by atoms with E-state index in [-0.39, 0.29) is 5.60 Å².